The van der Waals surface area contributed by atoms with Gasteiger partial charge < -0.3 is 14.4 Å². The van der Waals surface area contributed by atoms with Crippen LogP contribution in [0.25, 0.3) is 0 Å². The first kappa shape index (κ1) is 28.2. The molecule has 0 aliphatic heterocycles. The van der Waals surface area contributed by atoms with E-state index in [1.165, 1.54) is 18.5 Å². The Labute approximate surface area is 169 Å². The first-order valence-corrected chi connectivity index (χ1v) is 16.1. The predicted octanol–water partition coefficient (Wildman–Crippen LogP) is 2.36. The van der Waals surface area contributed by atoms with Gasteiger partial charge in [0.1, 0.15) is 6.61 Å². The molecule has 0 fully saturated rings. The lowest BCUT2D eigenvalue weighted by Crippen LogP contribution is -2.41. The van der Waals surface area contributed by atoms with Crippen LogP contribution in [0.15, 0.2) is 12.2 Å². The quantitative estimate of drug-likeness (QED) is 0.145. The largest absolute Gasteiger partial charge is 0.461 e. The third-order valence-corrected chi connectivity index (χ3v) is 14.5. The predicted molar refractivity (Wildman–Crippen MR) is 120 cm³/mol. The zero-order valence-electron chi connectivity index (χ0n) is 17.4. The van der Waals surface area contributed by atoms with Gasteiger partial charge in [0, 0.05) is 48.8 Å². The van der Waals surface area contributed by atoms with Crippen molar-refractivity contribution in [2.45, 2.75) is 59.8 Å². The van der Waals surface area contributed by atoms with Crippen molar-refractivity contribution in [1.82, 2.24) is 10.2 Å². The van der Waals surface area contributed by atoms with E-state index in [1.54, 1.807) is 13.8 Å². The van der Waals surface area contributed by atoms with E-state index in [0.717, 1.165) is 6.54 Å². The van der Waals surface area contributed by atoms with Gasteiger partial charge in [0.05, 0.1) is 13.3 Å². The van der Waals surface area contributed by atoms with Crippen molar-refractivity contribution in [1.29, 1.82) is 0 Å². The van der Waals surface area contributed by atoms with Crippen LogP contribution in [-0.2, 0) is 19.1 Å². The molecule has 0 aromatic rings. The molecule has 1 amide bonds. The number of ether oxygens (including phenoxy) is 2. The summed E-state index contributed by atoms with van der Waals surface area (Å²) in [5.74, 6) is -0.256. The van der Waals surface area contributed by atoms with Crippen molar-refractivity contribution in [3.05, 3.63) is 12.2 Å². The standard InChI is InChI=1S/C18H38N2O4Si2.CH4/c1-7-13-25-26(5,6)14-10-20(17(4)21)9-12-23-15-19-8-11-24-18(22)16(2)3;/h19H,2,7-15,25H2,1,3-6H3;1H4. The van der Waals surface area contributed by atoms with Crippen LogP contribution in [0, 0.1) is 0 Å². The highest BCUT2D eigenvalue weighted by Crippen LogP contribution is 2.11. The fourth-order valence-electron chi connectivity index (χ4n) is 2.37. The first-order chi connectivity index (χ1) is 12.2. The molecule has 0 aliphatic carbocycles. The number of hydrogen-bond donors (Lipinski definition) is 1. The molecule has 0 aromatic carbocycles. The van der Waals surface area contributed by atoms with Crippen molar-refractivity contribution in [3.8, 4) is 0 Å². The average Bonchev–Trinajstić information content (AvgIpc) is 2.57. The number of hydrogen-bond acceptors (Lipinski definition) is 5. The van der Waals surface area contributed by atoms with E-state index in [0.29, 0.717) is 32.0 Å². The Hall–Kier alpha value is -0.966. The van der Waals surface area contributed by atoms with Crippen molar-refractivity contribution < 1.29 is 19.1 Å². The highest BCUT2D eigenvalue weighted by Gasteiger charge is 2.22. The molecule has 0 bridgehead atoms. The van der Waals surface area contributed by atoms with Gasteiger partial charge in [0.25, 0.3) is 0 Å². The average molecular weight is 419 g/mol. The molecule has 0 rings (SSSR count). The van der Waals surface area contributed by atoms with E-state index >= 15 is 0 Å². The molecule has 0 unspecified atom stereocenters. The summed E-state index contributed by atoms with van der Waals surface area (Å²) in [6.07, 6.45) is 1.30. The van der Waals surface area contributed by atoms with Crippen molar-refractivity contribution in [2.75, 3.05) is 39.6 Å². The van der Waals surface area contributed by atoms with Crippen molar-refractivity contribution >= 4 is 28.5 Å². The summed E-state index contributed by atoms with van der Waals surface area (Å²) < 4.78 is 10.5. The lowest BCUT2D eigenvalue weighted by atomic mass is 10.4. The minimum atomic E-state index is -1.08. The summed E-state index contributed by atoms with van der Waals surface area (Å²) in [7, 11) is -1.03. The van der Waals surface area contributed by atoms with Crippen LogP contribution >= 0.6 is 0 Å². The second kappa shape index (κ2) is 16.0. The molecule has 0 radical (unpaired) electrons. The first-order valence-electron chi connectivity index (χ1n) is 9.56. The maximum absolute atomic E-state index is 11.8. The summed E-state index contributed by atoms with van der Waals surface area (Å²) >= 11 is 0. The fourth-order valence-corrected chi connectivity index (χ4v) is 9.97. The van der Waals surface area contributed by atoms with Crippen LogP contribution in [-0.4, -0.2) is 73.0 Å². The molecule has 160 valence electrons. The summed E-state index contributed by atoms with van der Waals surface area (Å²) in [5, 5.41) is 3.04. The zero-order chi connectivity index (χ0) is 20.0. The molecule has 1 N–H and O–H groups in total. The topological polar surface area (TPSA) is 67.9 Å². The lowest BCUT2D eigenvalue weighted by molar-refractivity contribution is -0.138. The molecule has 0 saturated heterocycles. The van der Waals surface area contributed by atoms with Crippen LogP contribution in [0.3, 0.4) is 0 Å². The van der Waals surface area contributed by atoms with Crippen LogP contribution < -0.4 is 5.32 Å². The van der Waals surface area contributed by atoms with Crippen LogP contribution in [0.5, 0.6) is 0 Å². The van der Waals surface area contributed by atoms with Gasteiger partial charge in [-0.3, -0.25) is 10.1 Å². The van der Waals surface area contributed by atoms with E-state index in [1.807, 2.05) is 4.90 Å². The van der Waals surface area contributed by atoms with E-state index in [4.69, 9.17) is 9.47 Å². The Bertz CT molecular complexity index is 445. The Balaban J connectivity index is 0. The third-order valence-electron chi connectivity index (χ3n) is 4.28. The number of amides is 1. The van der Waals surface area contributed by atoms with Gasteiger partial charge in [0.2, 0.25) is 5.91 Å². The number of carbonyl (C=O) groups excluding carboxylic acids is 2. The Morgan fingerprint density at radius 1 is 1.19 bits per heavy atom. The maximum Gasteiger partial charge on any atom is 0.333 e. The van der Waals surface area contributed by atoms with Gasteiger partial charge in [0.15, 0.2) is 0 Å². The molecule has 0 aromatic heterocycles. The fraction of sp³-hybridized carbons (Fsp3) is 0.789. The summed E-state index contributed by atoms with van der Waals surface area (Å²) in [6, 6.07) is 2.63. The van der Waals surface area contributed by atoms with E-state index < -0.39 is 7.59 Å². The number of carbonyl (C=O) groups is 2. The number of esters is 1. The molecule has 0 heterocycles. The number of nitrogens with zero attached hydrogens (tertiary/aromatic N) is 1. The molecule has 27 heavy (non-hydrogen) atoms. The smallest absolute Gasteiger partial charge is 0.333 e. The normalized spacial score (nSPS) is 11.3. The number of nitrogens with one attached hydrogen (secondary N) is 1. The monoisotopic (exact) mass is 418 g/mol. The SMILES string of the molecule is C.C=C(C)C(=O)OCCNCOCCN(CC[Si](C)(C)[SiH2]CCC)C(C)=O. The molecule has 0 atom stereocenters. The molecule has 0 spiro atoms. The molecule has 8 heteroatoms. The van der Waals surface area contributed by atoms with Gasteiger partial charge in [-0.15, -0.1) is 0 Å². The molecule has 0 saturated carbocycles. The highest BCUT2D eigenvalue weighted by atomic mass is 29.2. The third kappa shape index (κ3) is 15.8. The van der Waals surface area contributed by atoms with Crippen molar-refractivity contribution in [3.63, 3.8) is 0 Å². The van der Waals surface area contributed by atoms with Gasteiger partial charge in [-0.25, -0.2) is 4.79 Å². The van der Waals surface area contributed by atoms with Crippen molar-refractivity contribution in [2.24, 2.45) is 0 Å². The van der Waals surface area contributed by atoms with Gasteiger partial charge >= 0.3 is 5.97 Å². The Morgan fingerprint density at radius 2 is 1.85 bits per heavy atom. The molecular formula is C19H42N2O4Si2. The maximum atomic E-state index is 11.8. The summed E-state index contributed by atoms with van der Waals surface area (Å²) in [4.78, 5) is 24.9. The van der Waals surface area contributed by atoms with E-state index in [2.05, 4.69) is 31.9 Å². The van der Waals surface area contributed by atoms with Crippen LogP contribution in [0.4, 0.5) is 0 Å². The second-order valence-corrected chi connectivity index (χ2v) is 20.8. The summed E-state index contributed by atoms with van der Waals surface area (Å²) in [6.45, 7) is 17.1. The Kier molecular flexibility index (Phi) is 16.8. The molecule has 0 aliphatic rings. The lowest BCUT2D eigenvalue weighted by Gasteiger charge is -2.27. The highest BCUT2D eigenvalue weighted by molar-refractivity contribution is 7.23. The van der Waals surface area contributed by atoms with E-state index in [9.17, 15) is 9.59 Å². The van der Waals surface area contributed by atoms with Crippen LogP contribution in [0.2, 0.25) is 25.2 Å². The van der Waals surface area contributed by atoms with Crippen LogP contribution in [0.1, 0.15) is 34.6 Å². The zero-order valence-corrected chi connectivity index (χ0v) is 19.8. The summed E-state index contributed by atoms with van der Waals surface area (Å²) in [5.41, 5.74) is 0.397. The van der Waals surface area contributed by atoms with Gasteiger partial charge in [-0.05, 0) is 13.0 Å². The minimum Gasteiger partial charge on any atom is -0.461 e. The minimum absolute atomic E-state index is 0. The number of rotatable bonds is 15. The van der Waals surface area contributed by atoms with Gasteiger partial charge in [-0.2, -0.15) is 0 Å². The van der Waals surface area contributed by atoms with E-state index in [-0.39, 0.29) is 34.9 Å². The Morgan fingerprint density at radius 3 is 2.41 bits per heavy atom. The second-order valence-electron chi connectivity index (χ2n) is 7.49. The van der Waals surface area contributed by atoms with Gasteiger partial charge in [-0.1, -0.05) is 46.5 Å². The molecular weight excluding hydrogens is 376 g/mol. The molecule has 6 nitrogen and oxygen atoms in total.